The quantitative estimate of drug-likeness (QED) is 0.341. The maximum absolute atomic E-state index is 13.0. The smallest absolute Gasteiger partial charge is 0.329 e. The number of carboxylic acids is 1. The zero-order valence-corrected chi connectivity index (χ0v) is 22.1. The lowest BCUT2D eigenvalue weighted by Crippen LogP contribution is -2.44. The van der Waals surface area contributed by atoms with Crippen molar-refractivity contribution in [2.75, 3.05) is 13.1 Å². The maximum Gasteiger partial charge on any atom is 0.329 e. The summed E-state index contributed by atoms with van der Waals surface area (Å²) in [6, 6.07) is 5.25. The number of hydrogen-bond acceptors (Lipinski definition) is 5. The minimum absolute atomic E-state index is 0.202. The number of carboxylic acid groups (broad SMARTS) is 1. The molecule has 0 bridgehead atoms. The van der Waals surface area contributed by atoms with Gasteiger partial charge in [-0.1, -0.05) is 31.7 Å². The molecule has 4 rings (SSSR count). The third kappa shape index (κ3) is 6.34. The molecule has 2 fully saturated rings. The van der Waals surface area contributed by atoms with Gasteiger partial charge in [-0.05, 0) is 55.7 Å². The highest BCUT2D eigenvalue weighted by Crippen LogP contribution is 2.31. The van der Waals surface area contributed by atoms with Gasteiger partial charge in [0, 0.05) is 39.4 Å². The van der Waals surface area contributed by atoms with Crippen LogP contribution in [0.15, 0.2) is 23.0 Å². The average molecular weight is 527 g/mol. The molecule has 0 radical (unpaired) electrons. The normalized spacial score (nSPS) is 18.7. The van der Waals surface area contributed by atoms with Crippen LogP contribution in [0.5, 0.6) is 0 Å². The Balaban J connectivity index is 1.29. The Kier molecular flexibility index (Phi) is 9.01. The van der Waals surface area contributed by atoms with Gasteiger partial charge in [0.15, 0.2) is 0 Å². The minimum atomic E-state index is -0.741. The number of imidazole rings is 1. The van der Waals surface area contributed by atoms with E-state index in [1.165, 1.54) is 4.57 Å². The van der Waals surface area contributed by atoms with Crippen molar-refractivity contribution in [1.29, 1.82) is 0 Å². The molecule has 3 heterocycles. The topological polar surface area (TPSA) is 131 Å². The van der Waals surface area contributed by atoms with Gasteiger partial charge in [0.2, 0.25) is 17.7 Å². The SMILES string of the molecule is Cn1c(=O)n(C2CCC(=O)NC2=O)c2ccc(C3CCN(C(=O)CCCCCCCCC(=O)O)CC3)cc21. The minimum Gasteiger partial charge on any atom is -0.481 e. The number of benzene rings is 1. The molecule has 0 aliphatic carbocycles. The zero-order chi connectivity index (χ0) is 27.2. The van der Waals surface area contributed by atoms with Crippen LogP contribution in [0.2, 0.25) is 0 Å². The molecule has 1 aromatic heterocycles. The summed E-state index contributed by atoms with van der Waals surface area (Å²) in [5.74, 6) is -0.990. The highest BCUT2D eigenvalue weighted by Gasteiger charge is 2.31. The van der Waals surface area contributed by atoms with E-state index >= 15 is 0 Å². The molecule has 0 spiro atoms. The number of aliphatic carboxylic acids is 1. The summed E-state index contributed by atoms with van der Waals surface area (Å²) >= 11 is 0. The van der Waals surface area contributed by atoms with Crippen LogP contribution in [0.3, 0.4) is 0 Å². The summed E-state index contributed by atoms with van der Waals surface area (Å²) in [4.78, 5) is 62.1. The highest BCUT2D eigenvalue weighted by atomic mass is 16.4. The Morgan fingerprint density at radius 2 is 1.58 bits per heavy atom. The van der Waals surface area contributed by atoms with Crippen LogP contribution in [-0.4, -0.2) is 55.9 Å². The van der Waals surface area contributed by atoms with E-state index in [-0.39, 0.29) is 30.3 Å². The number of carbonyl (C=O) groups excluding carboxylic acids is 3. The molecule has 10 nitrogen and oxygen atoms in total. The van der Waals surface area contributed by atoms with E-state index in [2.05, 4.69) is 5.32 Å². The molecule has 2 aliphatic rings. The van der Waals surface area contributed by atoms with E-state index in [4.69, 9.17) is 5.11 Å². The largest absolute Gasteiger partial charge is 0.481 e. The number of aryl methyl sites for hydroxylation is 1. The molecule has 1 aromatic carbocycles. The lowest BCUT2D eigenvalue weighted by atomic mass is 9.89. The fourth-order valence-corrected chi connectivity index (χ4v) is 5.74. The molecule has 2 N–H and O–H groups in total. The van der Waals surface area contributed by atoms with Crippen molar-refractivity contribution in [3.8, 4) is 0 Å². The summed E-state index contributed by atoms with van der Waals surface area (Å²) < 4.78 is 3.06. The average Bonchev–Trinajstić information content (AvgIpc) is 3.14. The van der Waals surface area contributed by atoms with Crippen molar-refractivity contribution in [2.45, 2.75) is 89.0 Å². The van der Waals surface area contributed by atoms with Gasteiger partial charge in [-0.15, -0.1) is 0 Å². The van der Waals surface area contributed by atoms with Gasteiger partial charge in [-0.3, -0.25) is 33.6 Å². The Morgan fingerprint density at radius 3 is 2.24 bits per heavy atom. The Morgan fingerprint density at radius 1 is 0.921 bits per heavy atom. The number of rotatable bonds is 11. The fourth-order valence-electron chi connectivity index (χ4n) is 5.74. The fraction of sp³-hybridized carbons (Fsp3) is 0.607. The number of aromatic nitrogens is 2. The number of carbonyl (C=O) groups is 4. The number of hydrogen-bond donors (Lipinski definition) is 2. The second-order valence-electron chi connectivity index (χ2n) is 10.6. The van der Waals surface area contributed by atoms with Gasteiger partial charge >= 0.3 is 11.7 Å². The van der Waals surface area contributed by atoms with Gasteiger partial charge in [-0.2, -0.15) is 0 Å². The van der Waals surface area contributed by atoms with Crippen molar-refractivity contribution >= 4 is 34.7 Å². The second-order valence-corrected chi connectivity index (χ2v) is 10.6. The summed E-state index contributed by atoms with van der Waals surface area (Å²) in [6.07, 6.45) is 8.59. The second kappa shape index (κ2) is 12.4. The molecular weight excluding hydrogens is 488 g/mol. The van der Waals surface area contributed by atoms with E-state index < -0.39 is 17.9 Å². The summed E-state index contributed by atoms with van der Waals surface area (Å²) in [6.45, 7) is 1.43. The molecule has 206 valence electrons. The molecule has 38 heavy (non-hydrogen) atoms. The van der Waals surface area contributed by atoms with Crippen LogP contribution in [0.25, 0.3) is 11.0 Å². The maximum atomic E-state index is 13.0. The highest BCUT2D eigenvalue weighted by molar-refractivity contribution is 6.00. The molecule has 0 saturated carbocycles. The Hall–Kier alpha value is -3.43. The first-order valence-electron chi connectivity index (χ1n) is 13.8. The van der Waals surface area contributed by atoms with Crippen molar-refractivity contribution in [3.05, 3.63) is 34.2 Å². The number of imide groups is 1. The van der Waals surface area contributed by atoms with Gasteiger partial charge in [-0.25, -0.2) is 4.79 Å². The zero-order valence-electron chi connectivity index (χ0n) is 22.1. The first-order chi connectivity index (χ1) is 18.3. The first kappa shape index (κ1) is 27.6. The van der Waals surface area contributed by atoms with Crippen molar-refractivity contribution < 1.29 is 24.3 Å². The summed E-state index contributed by atoms with van der Waals surface area (Å²) in [7, 11) is 1.70. The number of unbranched alkanes of at least 4 members (excludes halogenated alkanes) is 5. The van der Waals surface area contributed by atoms with E-state index in [1.807, 2.05) is 23.1 Å². The van der Waals surface area contributed by atoms with Crippen molar-refractivity contribution in [1.82, 2.24) is 19.4 Å². The van der Waals surface area contributed by atoms with Gasteiger partial charge in [0.1, 0.15) is 6.04 Å². The molecule has 3 amide bonds. The Bertz CT molecular complexity index is 1250. The predicted octanol–water partition coefficient (Wildman–Crippen LogP) is 3.23. The predicted molar refractivity (Wildman–Crippen MR) is 142 cm³/mol. The number of nitrogens with one attached hydrogen (secondary N) is 1. The summed E-state index contributed by atoms with van der Waals surface area (Å²) in [5.41, 5.74) is 2.31. The molecule has 2 aliphatic heterocycles. The van der Waals surface area contributed by atoms with Crippen LogP contribution in [-0.2, 0) is 26.2 Å². The van der Waals surface area contributed by atoms with E-state index in [0.29, 0.717) is 37.4 Å². The van der Waals surface area contributed by atoms with Crippen LogP contribution in [0.4, 0.5) is 0 Å². The van der Waals surface area contributed by atoms with Crippen LogP contribution in [0.1, 0.15) is 94.6 Å². The number of likely N-dealkylation sites (tertiary alicyclic amines) is 1. The third-order valence-electron chi connectivity index (χ3n) is 7.99. The van der Waals surface area contributed by atoms with Crippen LogP contribution in [0, 0.1) is 0 Å². The molecule has 1 unspecified atom stereocenters. The van der Waals surface area contributed by atoms with Crippen LogP contribution >= 0.6 is 0 Å². The lowest BCUT2D eigenvalue weighted by molar-refractivity contribution is -0.137. The number of fused-ring (bicyclic) bond motifs is 1. The third-order valence-corrected chi connectivity index (χ3v) is 7.99. The van der Waals surface area contributed by atoms with Crippen molar-refractivity contribution in [2.24, 2.45) is 7.05 Å². The Labute approximate surface area is 222 Å². The molecule has 2 aromatic rings. The first-order valence-corrected chi connectivity index (χ1v) is 13.8. The number of amides is 3. The van der Waals surface area contributed by atoms with E-state index in [0.717, 1.165) is 62.4 Å². The van der Waals surface area contributed by atoms with E-state index in [9.17, 15) is 24.0 Å². The lowest BCUT2D eigenvalue weighted by Gasteiger charge is -2.32. The molecular formula is C28H38N4O6. The molecule has 1 atom stereocenters. The number of nitrogens with zero attached hydrogens (tertiary/aromatic N) is 3. The van der Waals surface area contributed by atoms with Gasteiger partial charge in [0.05, 0.1) is 11.0 Å². The summed E-state index contributed by atoms with van der Waals surface area (Å²) in [5, 5.41) is 11.0. The molecule has 10 heteroatoms. The molecule has 2 saturated heterocycles. The monoisotopic (exact) mass is 526 g/mol. The standard InChI is InChI=1S/C28H38N4O6/c1-30-23-18-20(10-11-21(23)32(28(30)38)22-12-13-24(33)29-27(22)37)19-14-16-31(17-15-19)25(34)8-6-4-2-3-5-7-9-26(35)36/h10-11,18-19,22H,2-9,12-17H2,1H3,(H,35,36)(H,29,33,37). The van der Waals surface area contributed by atoms with Crippen LogP contribution < -0.4 is 11.0 Å². The van der Waals surface area contributed by atoms with E-state index in [1.54, 1.807) is 11.6 Å². The number of piperidine rings is 2. The van der Waals surface area contributed by atoms with Gasteiger partial charge < -0.3 is 10.0 Å². The van der Waals surface area contributed by atoms with Gasteiger partial charge in [0.25, 0.3) is 0 Å². The van der Waals surface area contributed by atoms with Crippen molar-refractivity contribution in [3.63, 3.8) is 0 Å².